The molecule has 1 aliphatic heterocycles. The molecule has 1 unspecified atom stereocenters. The summed E-state index contributed by atoms with van der Waals surface area (Å²) in [6.07, 6.45) is 10.8. The molecule has 2 aliphatic rings. The van der Waals surface area contributed by atoms with Crippen LogP contribution in [-0.2, 0) is 0 Å². The fourth-order valence-corrected chi connectivity index (χ4v) is 3.30. The van der Waals surface area contributed by atoms with Gasteiger partial charge in [0.2, 0.25) is 0 Å². The maximum Gasteiger partial charge on any atom is 0.0445 e. The number of rotatable bonds is 4. The summed E-state index contributed by atoms with van der Waals surface area (Å²) in [6, 6.07) is 0.685. The zero-order valence-corrected chi connectivity index (χ0v) is 9.83. The maximum absolute atomic E-state index is 9.07. The topological polar surface area (TPSA) is 23.5 Å². The monoisotopic (exact) mass is 211 g/mol. The van der Waals surface area contributed by atoms with Crippen molar-refractivity contribution in [3.63, 3.8) is 0 Å². The van der Waals surface area contributed by atoms with Crippen LogP contribution in [0.4, 0.5) is 0 Å². The quantitative estimate of drug-likeness (QED) is 0.772. The zero-order valence-electron chi connectivity index (χ0n) is 9.83. The van der Waals surface area contributed by atoms with Crippen LogP contribution < -0.4 is 0 Å². The summed E-state index contributed by atoms with van der Waals surface area (Å²) in [4.78, 5) is 2.66. The molecule has 0 radical (unpaired) electrons. The summed E-state index contributed by atoms with van der Waals surface area (Å²) in [5, 5.41) is 9.07. The largest absolute Gasteiger partial charge is 0.396 e. The number of hydrogen-bond donors (Lipinski definition) is 1. The van der Waals surface area contributed by atoms with Crippen molar-refractivity contribution in [2.24, 2.45) is 5.92 Å². The Balaban J connectivity index is 1.80. The molecule has 2 rings (SSSR count). The van der Waals surface area contributed by atoms with E-state index in [2.05, 4.69) is 4.90 Å². The number of likely N-dealkylation sites (tertiary alicyclic amines) is 1. The normalized spacial score (nSPS) is 29.8. The third-order valence-electron chi connectivity index (χ3n) is 4.18. The molecule has 1 aliphatic carbocycles. The van der Waals surface area contributed by atoms with Crippen molar-refractivity contribution in [2.45, 2.75) is 57.4 Å². The Morgan fingerprint density at radius 1 is 1.00 bits per heavy atom. The molecule has 1 heterocycles. The number of piperidine rings is 1. The van der Waals surface area contributed by atoms with Gasteiger partial charge in [0.15, 0.2) is 0 Å². The molecule has 0 spiro atoms. The minimum Gasteiger partial charge on any atom is -0.396 e. The summed E-state index contributed by atoms with van der Waals surface area (Å²) in [6.45, 7) is 2.96. The van der Waals surface area contributed by atoms with Crippen LogP contribution in [0.15, 0.2) is 0 Å². The van der Waals surface area contributed by atoms with Crippen molar-refractivity contribution >= 4 is 0 Å². The van der Waals surface area contributed by atoms with E-state index >= 15 is 0 Å². The van der Waals surface area contributed by atoms with E-state index in [1.165, 1.54) is 58.0 Å². The van der Waals surface area contributed by atoms with Gasteiger partial charge in [0, 0.05) is 19.2 Å². The molecule has 0 aromatic heterocycles. The van der Waals surface area contributed by atoms with E-state index < -0.39 is 0 Å². The fraction of sp³-hybridized carbons (Fsp3) is 1.00. The molecule has 2 heteroatoms. The Morgan fingerprint density at radius 3 is 2.47 bits per heavy atom. The predicted octanol–water partition coefficient (Wildman–Crippen LogP) is 2.41. The van der Waals surface area contributed by atoms with Gasteiger partial charge in [-0.05, 0) is 44.6 Å². The second-order valence-corrected chi connectivity index (χ2v) is 5.31. The molecule has 1 saturated heterocycles. The average Bonchev–Trinajstić information content (AvgIpc) is 2.74. The number of aliphatic hydroxyl groups is 1. The summed E-state index contributed by atoms with van der Waals surface area (Å²) in [7, 11) is 0. The van der Waals surface area contributed by atoms with Gasteiger partial charge in [0.25, 0.3) is 0 Å². The number of nitrogens with zero attached hydrogens (tertiary/aromatic N) is 1. The van der Waals surface area contributed by atoms with E-state index in [0.717, 1.165) is 12.3 Å². The highest BCUT2D eigenvalue weighted by atomic mass is 16.3. The van der Waals surface area contributed by atoms with Gasteiger partial charge in [0.05, 0.1) is 0 Å². The molecule has 15 heavy (non-hydrogen) atoms. The lowest BCUT2D eigenvalue weighted by molar-refractivity contribution is 0.102. The Hall–Kier alpha value is -0.0800. The minimum absolute atomic E-state index is 0.367. The average molecular weight is 211 g/mol. The second kappa shape index (κ2) is 5.86. The highest BCUT2D eigenvalue weighted by Gasteiger charge is 2.25. The van der Waals surface area contributed by atoms with E-state index in [9.17, 15) is 0 Å². The summed E-state index contributed by atoms with van der Waals surface area (Å²) < 4.78 is 0. The second-order valence-electron chi connectivity index (χ2n) is 5.31. The molecule has 1 N–H and O–H groups in total. The Labute approximate surface area is 93.7 Å². The first-order valence-electron chi connectivity index (χ1n) is 6.75. The van der Waals surface area contributed by atoms with Crippen LogP contribution in [0.3, 0.4) is 0 Å². The molecule has 88 valence electrons. The van der Waals surface area contributed by atoms with Gasteiger partial charge in [-0.25, -0.2) is 0 Å². The van der Waals surface area contributed by atoms with Crippen LogP contribution >= 0.6 is 0 Å². The molecular weight excluding hydrogens is 186 g/mol. The molecule has 0 aromatic rings. The van der Waals surface area contributed by atoms with Crippen molar-refractivity contribution in [3.8, 4) is 0 Å². The Morgan fingerprint density at radius 2 is 1.73 bits per heavy atom. The van der Waals surface area contributed by atoms with Crippen LogP contribution in [0.5, 0.6) is 0 Å². The van der Waals surface area contributed by atoms with Gasteiger partial charge in [0.1, 0.15) is 0 Å². The number of hydrogen-bond acceptors (Lipinski definition) is 2. The molecule has 0 amide bonds. The lowest BCUT2D eigenvalue weighted by Crippen LogP contribution is -2.42. The predicted molar refractivity (Wildman–Crippen MR) is 62.9 cm³/mol. The van der Waals surface area contributed by atoms with Crippen molar-refractivity contribution in [1.82, 2.24) is 4.90 Å². The standard InChI is InChI=1S/C13H25NO/c15-10-8-13-7-3-4-9-14(13)11-12-5-1-2-6-12/h12-13,15H,1-11H2. The third-order valence-corrected chi connectivity index (χ3v) is 4.18. The van der Waals surface area contributed by atoms with Crippen molar-refractivity contribution in [3.05, 3.63) is 0 Å². The van der Waals surface area contributed by atoms with E-state index in [1.807, 2.05) is 0 Å². The fourth-order valence-electron chi connectivity index (χ4n) is 3.30. The first kappa shape index (κ1) is 11.4. The first-order chi connectivity index (χ1) is 7.40. The van der Waals surface area contributed by atoms with E-state index in [0.29, 0.717) is 12.6 Å². The summed E-state index contributed by atoms with van der Waals surface area (Å²) in [5.74, 6) is 0.962. The molecule has 2 nitrogen and oxygen atoms in total. The Kier molecular flexibility index (Phi) is 4.45. The highest BCUT2D eigenvalue weighted by molar-refractivity contribution is 4.80. The number of aliphatic hydroxyl groups excluding tert-OH is 1. The Bertz CT molecular complexity index is 175. The maximum atomic E-state index is 9.07. The van der Waals surface area contributed by atoms with Crippen molar-refractivity contribution in [2.75, 3.05) is 19.7 Å². The van der Waals surface area contributed by atoms with E-state index in [-0.39, 0.29) is 0 Å². The van der Waals surface area contributed by atoms with E-state index in [1.54, 1.807) is 0 Å². The first-order valence-corrected chi connectivity index (χ1v) is 6.75. The lowest BCUT2D eigenvalue weighted by atomic mass is 9.97. The van der Waals surface area contributed by atoms with E-state index in [4.69, 9.17) is 5.11 Å². The smallest absolute Gasteiger partial charge is 0.0445 e. The van der Waals surface area contributed by atoms with Crippen LogP contribution in [0.1, 0.15) is 51.4 Å². The SMILES string of the molecule is OCCC1CCCCN1CC1CCCC1. The van der Waals surface area contributed by atoms with Crippen LogP contribution in [0.2, 0.25) is 0 Å². The van der Waals surface area contributed by atoms with Gasteiger partial charge in [-0.2, -0.15) is 0 Å². The third kappa shape index (κ3) is 3.18. The summed E-state index contributed by atoms with van der Waals surface area (Å²) >= 11 is 0. The van der Waals surface area contributed by atoms with Gasteiger partial charge < -0.3 is 10.0 Å². The lowest BCUT2D eigenvalue weighted by Gasteiger charge is -2.37. The van der Waals surface area contributed by atoms with Crippen molar-refractivity contribution in [1.29, 1.82) is 0 Å². The van der Waals surface area contributed by atoms with Gasteiger partial charge >= 0.3 is 0 Å². The molecular formula is C13H25NO. The van der Waals surface area contributed by atoms with Gasteiger partial charge in [-0.15, -0.1) is 0 Å². The molecule has 2 fully saturated rings. The van der Waals surface area contributed by atoms with Crippen molar-refractivity contribution < 1.29 is 5.11 Å². The molecule has 1 atom stereocenters. The van der Waals surface area contributed by atoms with Crippen LogP contribution in [-0.4, -0.2) is 35.7 Å². The van der Waals surface area contributed by atoms with Gasteiger partial charge in [-0.1, -0.05) is 19.3 Å². The molecule has 0 aromatic carbocycles. The van der Waals surface area contributed by atoms with Crippen LogP contribution in [0.25, 0.3) is 0 Å². The highest BCUT2D eigenvalue weighted by Crippen LogP contribution is 2.28. The molecule has 0 bridgehead atoms. The van der Waals surface area contributed by atoms with Gasteiger partial charge in [-0.3, -0.25) is 0 Å². The molecule has 1 saturated carbocycles. The minimum atomic E-state index is 0.367. The van der Waals surface area contributed by atoms with Crippen LogP contribution in [0, 0.1) is 5.92 Å². The zero-order chi connectivity index (χ0) is 10.5. The summed E-state index contributed by atoms with van der Waals surface area (Å²) in [5.41, 5.74) is 0.